The summed E-state index contributed by atoms with van der Waals surface area (Å²) in [6.45, 7) is 10.6. The Kier molecular flexibility index (Phi) is 6.41. The molecule has 0 aliphatic carbocycles. The molecular formula is C14H28N2O2. The molecule has 4 nitrogen and oxygen atoms in total. The Hall–Kier alpha value is -0.160. The van der Waals surface area contributed by atoms with E-state index in [9.17, 15) is 0 Å². The highest BCUT2D eigenvalue weighted by atomic mass is 16.5. The van der Waals surface area contributed by atoms with Gasteiger partial charge in [-0.05, 0) is 31.7 Å². The van der Waals surface area contributed by atoms with E-state index < -0.39 is 0 Å². The Labute approximate surface area is 111 Å². The predicted molar refractivity (Wildman–Crippen MR) is 72.9 cm³/mol. The standard InChI is InChI=1S/C14H28N2O2/c1-2-16(11-14-4-3-8-18-14)7-6-15-10-13-5-9-17-12-13/h13-15H,2-12H2,1H3. The van der Waals surface area contributed by atoms with Crippen molar-refractivity contribution in [3.8, 4) is 0 Å². The van der Waals surface area contributed by atoms with Crippen LogP contribution < -0.4 is 5.32 Å². The number of nitrogens with zero attached hydrogens (tertiary/aromatic N) is 1. The van der Waals surface area contributed by atoms with Gasteiger partial charge in [0.2, 0.25) is 0 Å². The maximum atomic E-state index is 5.69. The van der Waals surface area contributed by atoms with E-state index in [1.54, 1.807) is 0 Å². The van der Waals surface area contributed by atoms with Gasteiger partial charge in [0.15, 0.2) is 0 Å². The molecule has 2 atom stereocenters. The van der Waals surface area contributed by atoms with Gasteiger partial charge in [-0.15, -0.1) is 0 Å². The molecule has 2 fully saturated rings. The molecule has 0 bridgehead atoms. The van der Waals surface area contributed by atoms with Crippen molar-refractivity contribution in [2.45, 2.75) is 32.3 Å². The third-order valence-electron chi connectivity index (χ3n) is 3.99. The fourth-order valence-electron chi connectivity index (χ4n) is 2.74. The first-order valence-electron chi connectivity index (χ1n) is 7.51. The maximum Gasteiger partial charge on any atom is 0.0702 e. The van der Waals surface area contributed by atoms with Gasteiger partial charge < -0.3 is 14.8 Å². The van der Waals surface area contributed by atoms with Crippen molar-refractivity contribution in [2.75, 3.05) is 52.5 Å². The number of likely N-dealkylation sites (N-methyl/N-ethyl adjacent to an activating group) is 1. The molecule has 106 valence electrons. The van der Waals surface area contributed by atoms with E-state index >= 15 is 0 Å². The highest BCUT2D eigenvalue weighted by Gasteiger charge is 2.18. The van der Waals surface area contributed by atoms with Crippen molar-refractivity contribution in [3.63, 3.8) is 0 Å². The Morgan fingerprint density at radius 2 is 2.22 bits per heavy atom. The fraction of sp³-hybridized carbons (Fsp3) is 1.00. The van der Waals surface area contributed by atoms with Gasteiger partial charge in [0, 0.05) is 39.4 Å². The van der Waals surface area contributed by atoms with E-state index in [1.807, 2.05) is 0 Å². The predicted octanol–water partition coefficient (Wildman–Crippen LogP) is 1.11. The molecule has 2 rings (SSSR count). The van der Waals surface area contributed by atoms with Crippen molar-refractivity contribution >= 4 is 0 Å². The molecule has 2 unspecified atom stereocenters. The molecule has 0 radical (unpaired) electrons. The van der Waals surface area contributed by atoms with Crippen molar-refractivity contribution in [1.82, 2.24) is 10.2 Å². The van der Waals surface area contributed by atoms with E-state index in [4.69, 9.17) is 9.47 Å². The Morgan fingerprint density at radius 3 is 2.89 bits per heavy atom. The molecule has 2 aliphatic rings. The summed E-state index contributed by atoms with van der Waals surface area (Å²) in [7, 11) is 0. The van der Waals surface area contributed by atoms with Crippen LogP contribution in [0.5, 0.6) is 0 Å². The van der Waals surface area contributed by atoms with Gasteiger partial charge in [0.05, 0.1) is 12.7 Å². The van der Waals surface area contributed by atoms with Crippen LogP contribution in [-0.4, -0.2) is 63.5 Å². The van der Waals surface area contributed by atoms with E-state index in [-0.39, 0.29) is 0 Å². The summed E-state index contributed by atoms with van der Waals surface area (Å²) in [6.07, 6.45) is 4.18. The molecule has 0 aromatic rings. The third kappa shape index (κ3) is 4.84. The van der Waals surface area contributed by atoms with Crippen molar-refractivity contribution in [1.29, 1.82) is 0 Å². The minimum absolute atomic E-state index is 0.480. The fourth-order valence-corrected chi connectivity index (χ4v) is 2.74. The average Bonchev–Trinajstić information content (AvgIpc) is 3.06. The minimum Gasteiger partial charge on any atom is -0.381 e. The molecule has 0 aromatic heterocycles. The minimum atomic E-state index is 0.480. The van der Waals surface area contributed by atoms with Crippen molar-refractivity contribution in [2.24, 2.45) is 5.92 Å². The smallest absolute Gasteiger partial charge is 0.0702 e. The Balaban J connectivity index is 1.52. The monoisotopic (exact) mass is 256 g/mol. The number of hydrogen-bond acceptors (Lipinski definition) is 4. The zero-order chi connectivity index (χ0) is 12.6. The molecule has 2 saturated heterocycles. The molecule has 4 heteroatoms. The van der Waals surface area contributed by atoms with Crippen LogP contribution in [0.15, 0.2) is 0 Å². The number of hydrogen-bond donors (Lipinski definition) is 1. The van der Waals surface area contributed by atoms with Gasteiger partial charge in [-0.1, -0.05) is 6.92 Å². The summed E-state index contributed by atoms with van der Waals surface area (Å²) in [6, 6.07) is 0. The third-order valence-corrected chi connectivity index (χ3v) is 3.99. The SMILES string of the molecule is CCN(CCNCC1CCOC1)CC1CCCO1. The lowest BCUT2D eigenvalue weighted by Gasteiger charge is -2.24. The molecule has 18 heavy (non-hydrogen) atoms. The van der Waals surface area contributed by atoms with E-state index in [1.165, 1.54) is 19.3 Å². The summed E-state index contributed by atoms with van der Waals surface area (Å²) in [5.74, 6) is 0.734. The number of rotatable bonds is 8. The largest absolute Gasteiger partial charge is 0.381 e. The Morgan fingerprint density at radius 1 is 1.28 bits per heavy atom. The molecule has 0 saturated carbocycles. The van der Waals surface area contributed by atoms with Gasteiger partial charge in [-0.25, -0.2) is 0 Å². The first kappa shape index (κ1) is 14.3. The first-order chi connectivity index (χ1) is 8.88. The molecule has 0 spiro atoms. The zero-order valence-electron chi connectivity index (χ0n) is 11.7. The van der Waals surface area contributed by atoms with Gasteiger partial charge >= 0.3 is 0 Å². The van der Waals surface area contributed by atoms with Crippen LogP contribution >= 0.6 is 0 Å². The lowest BCUT2D eigenvalue weighted by atomic mass is 10.1. The van der Waals surface area contributed by atoms with Crippen LogP contribution in [0.4, 0.5) is 0 Å². The number of ether oxygens (including phenoxy) is 2. The van der Waals surface area contributed by atoms with Crippen LogP contribution in [-0.2, 0) is 9.47 Å². The molecule has 0 aromatic carbocycles. The summed E-state index contributed by atoms with van der Waals surface area (Å²) < 4.78 is 11.1. The van der Waals surface area contributed by atoms with Crippen LogP contribution in [0.1, 0.15) is 26.2 Å². The highest BCUT2D eigenvalue weighted by molar-refractivity contribution is 4.71. The lowest BCUT2D eigenvalue weighted by Crippen LogP contribution is -2.38. The summed E-state index contributed by atoms with van der Waals surface area (Å²) in [5, 5.41) is 3.55. The van der Waals surface area contributed by atoms with Gasteiger partial charge in [0.1, 0.15) is 0 Å². The maximum absolute atomic E-state index is 5.69. The lowest BCUT2D eigenvalue weighted by molar-refractivity contribution is 0.0750. The van der Waals surface area contributed by atoms with Crippen LogP contribution in [0.3, 0.4) is 0 Å². The molecule has 1 N–H and O–H groups in total. The van der Waals surface area contributed by atoms with Crippen LogP contribution in [0.2, 0.25) is 0 Å². The topological polar surface area (TPSA) is 33.7 Å². The van der Waals surface area contributed by atoms with E-state index in [0.717, 1.165) is 58.5 Å². The van der Waals surface area contributed by atoms with E-state index in [2.05, 4.69) is 17.1 Å². The molecular weight excluding hydrogens is 228 g/mol. The van der Waals surface area contributed by atoms with Crippen molar-refractivity contribution in [3.05, 3.63) is 0 Å². The second kappa shape index (κ2) is 8.10. The highest BCUT2D eigenvalue weighted by Crippen LogP contribution is 2.13. The second-order valence-electron chi connectivity index (χ2n) is 5.46. The first-order valence-corrected chi connectivity index (χ1v) is 7.51. The Bertz CT molecular complexity index is 214. The summed E-state index contributed by atoms with van der Waals surface area (Å²) in [4.78, 5) is 2.49. The number of nitrogens with one attached hydrogen (secondary N) is 1. The second-order valence-corrected chi connectivity index (χ2v) is 5.46. The van der Waals surface area contributed by atoms with Crippen molar-refractivity contribution < 1.29 is 9.47 Å². The van der Waals surface area contributed by atoms with Gasteiger partial charge in [0.25, 0.3) is 0 Å². The average molecular weight is 256 g/mol. The normalized spacial score (nSPS) is 28.3. The summed E-state index contributed by atoms with van der Waals surface area (Å²) >= 11 is 0. The van der Waals surface area contributed by atoms with Gasteiger partial charge in [-0.2, -0.15) is 0 Å². The van der Waals surface area contributed by atoms with E-state index in [0.29, 0.717) is 6.10 Å². The van der Waals surface area contributed by atoms with Gasteiger partial charge in [-0.3, -0.25) is 4.90 Å². The molecule has 2 aliphatic heterocycles. The molecule has 0 amide bonds. The molecule has 2 heterocycles. The zero-order valence-corrected chi connectivity index (χ0v) is 11.7. The summed E-state index contributed by atoms with van der Waals surface area (Å²) in [5.41, 5.74) is 0. The quantitative estimate of drug-likeness (QED) is 0.660. The van der Waals surface area contributed by atoms with Crippen LogP contribution in [0.25, 0.3) is 0 Å². The van der Waals surface area contributed by atoms with Crippen LogP contribution in [0, 0.1) is 5.92 Å².